The second kappa shape index (κ2) is 22.6. The summed E-state index contributed by atoms with van der Waals surface area (Å²) < 4.78 is 65.0. The highest BCUT2D eigenvalue weighted by Crippen LogP contribution is 2.47. The van der Waals surface area contributed by atoms with E-state index >= 15 is 0 Å². The van der Waals surface area contributed by atoms with Crippen LogP contribution in [0.2, 0.25) is 0 Å². The van der Waals surface area contributed by atoms with Gasteiger partial charge in [-0.2, -0.15) is 0 Å². The van der Waals surface area contributed by atoms with Crippen LogP contribution in [0.4, 0.5) is 0 Å². The van der Waals surface area contributed by atoms with Gasteiger partial charge in [-0.15, -0.1) is 0 Å². The van der Waals surface area contributed by atoms with Crippen LogP contribution in [0.3, 0.4) is 0 Å². The summed E-state index contributed by atoms with van der Waals surface area (Å²) in [5, 5.41) is 39.0. The second-order valence-corrected chi connectivity index (χ2v) is 21.0. The van der Waals surface area contributed by atoms with E-state index in [1.165, 1.54) is 0 Å². The number of carbonyl (C=O) groups excluding carboxylic acids is 1. The number of rotatable bonds is 12. The lowest BCUT2D eigenvalue weighted by atomic mass is 9.71. The molecular formula is C53H83NO14. The van der Waals surface area contributed by atoms with Crippen LogP contribution in [-0.2, 0) is 52.2 Å². The van der Waals surface area contributed by atoms with Crippen LogP contribution in [0.15, 0.2) is 59.3 Å². The summed E-state index contributed by atoms with van der Waals surface area (Å²) in [5.41, 5.74) is -1.01. The van der Waals surface area contributed by atoms with E-state index in [-0.39, 0.29) is 36.6 Å². The molecule has 2 bridgehead atoms. The molecule has 1 aliphatic carbocycles. The first-order chi connectivity index (χ1) is 32.4. The van der Waals surface area contributed by atoms with E-state index < -0.39 is 96.4 Å². The highest BCUT2D eigenvalue weighted by atomic mass is 16.7. The number of methoxy groups -OCH3 is 2. The van der Waals surface area contributed by atoms with Gasteiger partial charge < -0.3 is 68.0 Å². The topological polar surface area (TPSA) is 182 Å². The molecule has 0 amide bonds. The van der Waals surface area contributed by atoms with Gasteiger partial charge in [0.05, 0.1) is 49.3 Å². The van der Waals surface area contributed by atoms with Crippen molar-refractivity contribution in [1.82, 2.24) is 5.32 Å². The molecule has 4 saturated heterocycles. The third kappa shape index (κ3) is 11.5. The first kappa shape index (κ1) is 53.4. The van der Waals surface area contributed by atoms with E-state index in [4.69, 9.17) is 47.4 Å². The van der Waals surface area contributed by atoms with Crippen LogP contribution < -0.4 is 5.32 Å². The summed E-state index contributed by atoms with van der Waals surface area (Å²) >= 11 is 0. The smallest absolute Gasteiger partial charge is 0.316 e. The van der Waals surface area contributed by atoms with Crippen LogP contribution in [0.25, 0.3) is 0 Å². The molecule has 0 aromatic heterocycles. The Kier molecular flexibility index (Phi) is 17.8. The number of fused-ring (bicyclic) bond motifs is 2. The van der Waals surface area contributed by atoms with Crippen molar-refractivity contribution in [3.63, 3.8) is 0 Å². The molecule has 4 fully saturated rings. The zero-order valence-electron chi connectivity index (χ0n) is 42.5. The summed E-state index contributed by atoms with van der Waals surface area (Å²) in [4.78, 5) is 14.4. The monoisotopic (exact) mass is 958 g/mol. The maximum Gasteiger partial charge on any atom is 0.316 e. The first-order valence-corrected chi connectivity index (χ1v) is 25.5. The number of carbonyl (C=O) groups is 1. The number of nitrogens with one attached hydrogen (secondary N) is 1. The van der Waals surface area contributed by atoms with E-state index in [0.29, 0.717) is 56.2 Å². The van der Waals surface area contributed by atoms with Crippen LogP contribution in [-0.4, -0.2) is 152 Å². The Morgan fingerprint density at radius 1 is 0.912 bits per heavy atom. The zero-order chi connectivity index (χ0) is 49.1. The lowest BCUT2D eigenvalue weighted by molar-refractivity contribution is -0.301. The Morgan fingerprint density at radius 3 is 2.40 bits per heavy atom. The summed E-state index contributed by atoms with van der Waals surface area (Å²) in [6.45, 7) is 19.5. The van der Waals surface area contributed by atoms with E-state index in [2.05, 4.69) is 52.1 Å². The van der Waals surface area contributed by atoms with E-state index in [1.807, 2.05) is 39.0 Å². The molecule has 1 spiro atoms. The average Bonchev–Trinajstić information content (AvgIpc) is 3.58. The van der Waals surface area contributed by atoms with Gasteiger partial charge in [-0.3, -0.25) is 4.79 Å². The molecule has 0 aromatic rings. The van der Waals surface area contributed by atoms with Crippen LogP contribution >= 0.6 is 0 Å². The lowest BCUT2D eigenvalue weighted by Crippen LogP contribution is -2.58. The number of hydrogen-bond acceptors (Lipinski definition) is 15. The maximum atomic E-state index is 14.4. The van der Waals surface area contributed by atoms with Crippen molar-refractivity contribution in [1.29, 1.82) is 0 Å². The summed E-state index contributed by atoms with van der Waals surface area (Å²) in [6, 6.07) is 0. The SMILES string of the molecule is CCCNCC1(O)C[C@H](C)O[C@@H](O[C@H]2[C@H](C)O[C@@H](O[C@@H]3/C(C)=C/C[C@@H]4C[C@@H](C[C@]5(C=C[C@H](C)[C@@H](C(C)CC)O5)O4)OC(=O)[C@@H]4C=C(C)[C@@H](O)[C@H]5OC/C(=C\C=C\[C@@H]3C)[C@]54O)C[C@@H]2OC)C[C@@H]1OC. The molecule has 7 aliphatic rings. The standard InChI is InChI=1S/C53H83NO14/c1-12-21-54-29-51(57)26-35(8)62-44(25-42(51)60-11)66-48-36(9)63-43(24-41(48)59-10)65-46-31(4)15-14-16-37-28-61-49-45(55)34(7)22-40(53(37,49)58)50(56)64-39-23-38(18-17-32(46)5)67-52(27-39)20-19-33(6)47(68-52)30(3)13-2/h14-17,19-20,22,30-31,33,35-36,38-49,54-55,57-58H,12-13,18,21,23-29H2,1-11H3/b15-14+,32-17+,37-16+/t30?,31-,33-,35-,36-,38+,39-,40-,41-,42-,43-,44-,45+,46-,47+,48-,49+,51?,52+,53+/m0/s1. The Balaban J connectivity index is 1.15. The van der Waals surface area contributed by atoms with Crippen molar-refractivity contribution in [2.45, 2.75) is 210 Å². The summed E-state index contributed by atoms with van der Waals surface area (Å²) in [5.74, 6) is -2.60. The zero-order valence-corrected chi connectivity index (χ0v) is 42.5. The Morgan fingerprint density at radius 2 is 1.68 bits per heavy atom. The third-order valence-electron chi connectivity index (χ3n) is 15.7. The van der Waals surface area contributed by atoms with E-state index in [1.54, 1.807) is 33.3 Å². The molecule has 0 aromatic carbocycles. The molecule has 7 rings (SSSR count). The molecule has 68 heavy (non-hydrogen) atoms. The highest BCUT2D eigenvalue weighted by molar-refractivity contribution is 5.78. The summed E-state index contributed by atoms with van der Waals surface area (Å²) in [7, 11) is 3.27. The molecule has 6 aliphatic heterocycles. The van der Waals surface area contributed by atoms with Gasteiger partial charge in [0.1, 0.15) is 41.5 Å². The van der Waals surface area contributed by atoms with Gasteiger partial charge in [0.2, 0.25) is 0 Å². The molecular weight excluding hydrogens is 875 g/mol. The fourth-order valence-corrected chi connectivity index (χ4v) is 11.7. The molecule has 15 heteroatoms. The number of allylic oxidation sites excluding steroid dienone is 2. The maximum absolute atomic E-state index is 14.4. The Bertz CT molecular complexity index is 1870. The van der Waals surface area contributed by atoms with Gasteiger partial charge >= 0.3 is 5.97 Å². The van der Waals surface area contributed by atoms with Crippen molar-refractivity contribution >= 4 is 5.97 Å². The van der Waals surface area contributed by atoms with Crippen molar-refractivity contribution in [3.05, 3.63) is 59.3 Å². The molecule has 2 unspecified atom stereocenters. The number of aliphatic hydroxyl groups is 3. The molecule has 6 heterocycles. The van der Waals surface area contributed by atoms with Gasteiger partial charge in [-0.1, -0.05) is 77.5 Å². The predicted octanol–water partition coefficient (Wildman–Crippen LogP) is 6.14. The minimum Gasteiger partial charge on any atom is -0.462 e. The molecule has 15 nitrogen and oxygen atoms in total. The van der Waals surface area contributed by atoms with Gasteiger partial charge in [-0.25, -0.2) is 0 Å². The fourth-order valence-electron chi connectivity index (χ4n) is 11.7. The fraction of sp³-hybridized carbons (Fsp3) is 0.792. The third-order valence-corrected chi connectivity index (χ3v) is 15.7. The van der Waals surface area contributed by atoms with Gasteiger partial charge in [0.15, 0.2) is 18.4 Å². The molecule has 20 atom stereocenters. The van der Waals surface area contributed by atoms with Crippen LogP contribution in [0, 0.1) is 23.7 Å². The lowest BCUT2D eigenvalue weighted by Gasteiger charge is -2.48. The minimum atomic E-state index is -1.84. The normalized spacial score (nSPS) is 47.1. The number of aliphatic hydroxyl groups excluding tert-OH is 1. The van der Waals surface area contributed by atoms with Gasteiger partial charge in [0.25, 0.3) is 0 Å². The Labute approximate surface area is 404 Å². The highest BCUT2D eigenvalue weighted by Gasteiger charge is 2.60. The van der Waals surface area contributed by atoms with Crippen LogP contribution in [0.5, 0.6) is 0 Å². The number of esters is 1. The molecule has 4 N–H and O–H groups in total. The average molecular weight is 958 g/mol. The van der Waals surface area contributed by atoms with E-state index in [0.717, 1.165) is 25.0 Å². The first-order valence-electron chi connectivity index (χ1n) is 25.5. The van der Waals surface area contributed by atoms with Crippen molar-refractivity contribution in [3.8, 4) is 0 Å². The van der Waals surface area contributed by atoms with Gasteiger partial charge in [-0.05, 0) is 75.8 Å². The Hall–Kier alpha value is -2.35. The van der Waals surface area contributed by atoms with Crippen molar-refractivity contribution in [2.24, 2.45) is 23.7 Å². The molecule has 0 saturated carbocycles. The second-order valence-electron chi connectivity index (χ2n) is 21.0. The number of ether oxygens (including phenoxy) is 10. The summed E-state index contributed by atoms with van der Waals surface area (Å²) in [6.07, 6.45) is 10.5. The van der Waals surface area contributed by atoms with Crippen LogP contribution in [0.1, 0.15) is 114 Å². The quantitative estimate of drug-likeness (QED) is 0.0995. The van der Waals surface area contributed by atoms with E-state index in [9.17, 15) is 20.1 Å². The minimum absolute atomic E-state index is 0.0282. The largest absolute Gasteiger partial charge is 0.462 e. The van der Waals surface area contributed by atoms with Crippen molar-refractivity contribution in [2.75, 3.05) is 33.9 Å². The van der Waals surface area contributed by atoms with Crippen molar-refractivity contribution < 1.29 is 67.5 Å². The predicted molar refractivity (Wildman–Crippen MR) is 254 cm³/mol. The van der Waals surface area contributed by atoms with Gasteiger partial charge in [0, 0.05) is 64.7 Å². The molecule has 0 radical (unpaired) electrons. The molecule has 384 valence electrons. The number of hydrogen-bond donors (Lipinski definition) is 4.